The van der Waals surface area contributed by atoms with Crippen molar-refractivity contribution in [2.24, 2.45) is 0 Å². The molecule has 3 heterocycles. The minimum absolute atomic E-state index is 0.00719. The number of hydrogen-bond donors (Lipinski definition) is 3. The molecule has 3 aromatic heterocycles. The van der Waals surface area contributed by atoms with Crippen LogP contribution in [-0.4, -0.2) is 24.5 Å². The van der Waals surface area contributed by atoms with Gasteiger partial charge in [0.25, 0.3) is 5.56 Å². The molecule has 4 aromatic rings. The smallest absolute Gasteiger partial charge is 0.267 e. The highest BCUT2D eigenvalue weighted by Crippen LogP contribution is 2.27. The van der Waals surface area contributed by atoms with Crippen LogP contribution >= 0.6 is 11.6 Å². The van der Waals surface area contributed by atoms with Crippen LogP contribution in [0, 0.1) is 17.1 Å². The van der Waals surface area contributed by atoms with Crippen LogP contribution in [0.2, 0.25) is 5.02 Å². The van der Waals surface area contributed by atoms with Crippen molar-refractivity contribution in [2.45, 2.75) is 13.0 Å². The zero-order valence-electron chi connectivity index (χ0n) is 16.5. The molecule has 4 rings (SSSR count). The van der Waals surface area contributed by atoms with Crippen LogP contribution in [0.25, 0.3) is 16.6 Å². The number of anilines is 3. The number of hydrogen-bond acceptors (Lipinski definition) is 9. The van der Waals surface area contributed by atoms with E-state index >= 15 is 0 Å². The van der Waals surface area contributed by atoms with Crippen LogP contribution in [0.1, 0.15) is 24.4 Å². The van der Waals surface area contributed by atoms with Crippen molar-refractivity contribution in [3.8, 4) is 11.8 Å². The number of nitrogen functional groups attached to an aromatic ring is 2. The number of nitriles is 1. The summed E-state index contributed by atoms with van der Waals surface area (Å²) in [6, 6.07) is 7.02. The van der Waals surface area contributed by atoms with Crippen molar-refractivity contribution in [1.82, 2.24) is 24.5 Å². The number of pyridine rings is 1. The number of aromatic nitrogens is 5. The molecule has 0 spiro atoms. The van der Waals surface area contributed by atoms with Gasteiger partial charge in [-0.05, 0) is 31.2 Å². The molecule has 160 valence electrons. The van der Waals surface area contributed by atoms with Gasteiger partial charge in [0.05, 0.1) is 33.9 Å². The average Bonchev–Trinajstić information content (AvgIpc) is 2.76. The molecule has 0 aliphatic rings. The topological polar surface area (TPSA) is 161 Å². The summed E-state index contributed by atoms with van der Waals surface area (Å²) in [5.74, 6) is -0.643. The zero-order chi connectivity index (χ0) is 23.0. The van der Waals surface area contributed by atoms with Crippen LogP contribution < -0.4 is 22.3 Å². The van der Waals surface area contributed by atoms with Crippen LogP contribution in [0.15, 0.2) is 41.5 Å². The Morgan fingerprint density at radius 3 is 2.72 bits per heavy atom. The van der Waals surface area contributed by atoms with Crippen molar-refractivity contribution in [3.63, 3.8) is 0 Å². The lowest BCUT2D eigenvalue weighted by atomic mass is 10.2. The summed E-state index contributed by atoms with van der Waals surface area (Å²) >= 11 is 6.09. The molecule has 0 radical (unpaired) electrons. The van der Waals surface area contributed by atoms with Crippen LogP contribution in [0.4, 0.5) is 22.0 Å². The molecule has 10 nitrogen and oxygen atoms in total. The number of nitrogens with one attached hydrogen (secondary N) is 1. The third-order valence-corrected chi connectivity index (χ3v) is 5.03. The van der Waals surface area contributed by atoms with Gasteiger partial charge in [-0.1, -0.05) is 11.6 Å². The van der Waals surface area contributed by atoms with E-state index < -0.39 is 17.4 Å². The quantitative estimate of drug-likeness (QED) is 0.423. The fourth-order valence-corrected chi connectivity index (χ4v) is 3.47. The van der Waals surface area contributed by atoms with Gasteiger partial charge in [-0.2, -0.15) is 15.2 Å². The number of rotatable bonds is 4. The summed E-state index contributed by atoms with van der Waals surface area (Å²) in [7, 11) is 0. The standard InChI is InChI=1S/C20H15ClFN9O/c1-9(27-17-11(7-23)16(24)29-20(25)30-17)18-28-13-5-4-12(22)15(21)14(13)19(32)31(18)10-3-2-6-26-8-10/h2-6,8-9H,1H3,(H5,24,25,27,29,30)/t9-/m0/s1. The second-order valence-corrected chi connectivity index (χ2v) is 7.12. The monoisotopic (exact) mass is 451 g/mol. The molecule has 0 saturated heterocycles. The van der Waals surface area contributed by atoms with E-state index in [1.165, 1.54) is 16.8 Å². The van der Waals surface area contributed by atoms with E-state index in [0.29, 0.717) is 5.69 Å². The van der Waals surface area contributed by atoms with Crippen molar-refractivity contribution in [3.05, 3.63) is 69.2 Å². The molecular formula is C20H15ClFN9O. The van der Waals surface area contributed by atoms with Crippen molar-refractivity contribution >= 4 is 40.1 Å². The number of nitrogens with two attached hydrogens (primary N) is 2. The minimum atomic E-state index is -0.736. The number of benzene rings is 1. The summed E-state index contributed by atoms with van der Waals surface area (Å²) < 4.78 is 15.3. The highest BCUT2D eigenvalue weighted by molar-refractivity contribution is 6.35. The van der Waals surface area contributed by atoms with E-state index in [9.17, 15) is 14.4 Å². The molecule has 32 heavy (non-hydrogen) atoms. The lowest BCUT2D eigenvalue weighted by Gasteiger charge is -2.21. The van der Waals surface area contributed by atoms with Crippen molar-refractivity contribution in [1.29, 1.82) is 5.26 Å². The maximum atomic E-state index is 14.1. The molecule has 0 amide bonds. The van der Waals surface area contributed by atoms with Gasteiger partial charge in [-0.25, -0.2) is 9.37 Å². The van der Waals surface area contributed by atoms with Gasteiger partial charge in [0.1, 0.15) is 29.1 Å². The normalized spacial score (nSPS) is 11.8. The van der Waals surface area contributed by atoms with Gasteiger partial charge < -0.3 is 16.8 Å². The fraction of sp³-hybridized carbons (Fsp3) is 0.100. The van der Waals surface area contributed by atoms with Crippen LogP contribution in [0.3, 0.4) is 0 Å². The number of halogens is 2. The molecule has 5 N–H and O–H groups in total. The van der Waals surface area contributed by atoms with Crippen LogP contribution in [-0.2, 0) is 0 Å². The predicted octanol–water partition coefficient (Wildman–Crippen LogP) is 2.57. The highest BCUT2D eigenvalue weighted by Gasteiger charge is 2.22. The molecule has 0 fully saturated rings. The van der Waals surface area contributed by atoms with E-state index in [4.69, 9.17) is 23.1 Å². The Morgan fingerprint density at radius 2 is 2.03 bits per heavy atom. The molecule has 12 heteroatoms. The van der Waals surface area contributed by atoms with Gasteiger partial charge in [0.15, 0.2) is 5.82 Å². The zero-order valence-corrected chi connectivity index (χ0v) is 17.3. The van der Waals surface area contributed by atoms with E-state index in [-0.39, 0.29) is 44.9 Å². The third-order valence-electron chi connectivity index (χ3n) is 4.66. The second kappa shape index (κ2) is 8.09. The summed E-state index contributed by atoms with van der Waals surface area (Å²) in [6.07, 6.45) is 3.00. The van der Waals surface area contributed by atoms with Gasteiger partial charge in [0.2, 0.25) is 5.95 Å². The summed E-state index contributed by atoms with van der Waals surface area (Å²) in [5.41, 5.74) is 11.4. The molecular weight excluding hydrogens is 437 g/mol. The lowest BCUT2D eigenvalue weighted by molar-refractivity contribution is 0.629. The summed E-state index contributed by atoms with van der Waals surface area (Å²) in [6.45, 7) is 1.70. The highest BCUT2D eigenvalue weighted by atomic mass is 35.5. The van der Waals surface area contributed by atoms with E-state index in [1.807, 2.05) is 6.07 Å². The van der Waals surface area contributed by atoms with Gasteiger partial charge in [-0.15, -0.1) is 0 Å². The van der Waals surface area contributed by atoms with E-state index in [2.05, 4.69) is 25.3 Å². The Hall–Kier alpha value is -4.30. The maximum absolute atomic E-state index is 14.1. The molecule has 1 aromatic carbocycles. The second-order valence-electron chi connectivity index (χ2n) is 6.75. The molecule has 0 aliphatic carbocycles. The molecule has 0 unspecified atom stereocenters. The van der Waals surface area contributed by atoms with E-state index in [0.717, 1.165) is 6.07 Å². The van der Waals surface area contributed by atoms with Crippen molar-refractivity contribution < 1.29 is 4.39 Å². The average molecular weight is 452 g/mol. The first-order chi connectivity index (χ1) is 15.3. The molecule has 1 atom stereocenters. The minimum Gasteiger partial charge on any atom is -0.382 e. The summed E-state index contributed by atoms with van der Waals surface area (Å²) in [5, 5.41) is 12.0. The van der Waals surface area contributed by atoms with Crippen LogP contribution in [0.5, 0.6) is 0 Å². The third kappa shape index (κ3) is 3.52. The summed E-state index contributed by atoms with van der Waals surface area (Å²) in [4.78, 5) is 29.8. The lowest BCUT2D eigenvalue weighted by Crippen LogP contribution is -2.28. The van der Waals surface area contributed by atoms with Gasteiger partial charge >= 0.3 is 0 Å². The Kier molecular flexibility index (Phi) is 5.29. The largest absolute Gasteiger partial charge is 0.382 e. The van der Waals surface area contributed by atoms with Gasteiger partial charge in [0, 0.05) is 6.20 Å². The Morgan fingerprint density at radius 1 is 1.25 bits per heavy atom. The fourth-order valence-electron chi connectivity index (χ4n) is 3.23. The van der Waals surface area contributed by atoms with Crippen molar-refractivity contribution in [2.75, 3.05) is 16.8 Å². The molecule has 0 aliphatic heterocycles. The Labute approximate surface area is 185 Å². The predicted molar refractivity (Wildman–Crippen MR) is 118 cm³/mol. The molecule has 0 saturated carbocycles. The SMILES string of the molecule is C[C@H](Nc1nc(N)nc(N)c1C#N)c1nc2ccc(F)c(Cl)c2c(=O)n1-c1cccnc1. The molecule has 0 bridgehead atoms. The first kappa shape index (κ1) is 21.0. The Bertz CT molecular complexity index is 1450. The maximum Gasteiger partial charge on any atom is 0.267 e. The number of fused-ring (bicyclic) bond motifs is 1. The van der Waals surface area contributed by atoms with E-state index in [1.54, 1.807) is 25.3 Å². The Balaban J connectivity index is 1.96. The number of nitrogens with zero attached hydrogens (tertiary/aromatic N) is 6. The first-order valence-electron chi connectivity index (χ1n) is 9.22. The van der Waals surface area contributed by atoms with Gasteiger partial charge in [-0.3, -0.25) is 14.3 Å². The first-order valence-corrected chi connectivity index (χ1v) is 9.60.